The van der Waals surface area contributed by atoms with Crippen molar-refractivity contribution in [1.82, 2.24) is 15.0 Å². The zero-order valence-corrected chi connectivity index (χ0v) is 12.4. The normalized spacial score (nSPS) is 10.5. The Balaban J connectivity index is 1.95. The van der Waals surface area contributed by atoms with Crippen molar-refractivity contribution >= 4 is 5.69 Å². The van der Waals surface area contributed by atoms with Crippen LogP contribution in [0.25, 0.3) is 16.9 Å². The Morgan fingerprint density at radius 3 is 2.36 bits per heavy atom. The first-order valence-corrected chi connectivity index (χ1v) is 6.72. The second-order valence-electron chi connectivity index (χ2n) is 4.71. The molecule has 0 aliphatic carbocycles. The number of benzene rings is 2. The maximum Gasteiger partial charge on any atom is 0.162 e. The first kappa shape index (κ1) is 13.9. The van der Waals surface area contributed by atoms with Crippen molar-refractivity contribution in [3.63, 3.8) is 0 Å². The molecule has 0 saturated heterocycles. The van der Waals surface area contributed by atoms with Crippen LogP contribution < -0.4 is 15.2 Å². The number of methoxy groups -OCH3 is 2. The first-order chi connectivity index (χ1) is 10.7. The molecule has 0 spiro atoms. The third-order valence-corrected chi connectivity index (χ3v) is 3.33. The van der Waals surface area contributed by atoms with Crippen molar-refractivity contribution in [2.45, 2.75) is 0 Å². The molecule has 0 bridgehead atoms. The minimum absolute atomic E-state index is 0.643. The Morgan fingerprint density at radius 2 is 1.68 bits per heavy atom. The Morgan fingerprint density at radius 1 is 0.955 bits per heavy atom. The summed E-state index contributed by atoms with van der Waals surface area (Å²) in [5.41, 5.74) is 8.98. The summed E-state index contributed by atoms with van der Waals surface area (Å²) < 4.78 is 12.2. The molecule has 0 unspecified atom stereocenters. The summed E-state index contributed by atoms with van der Waals surface area (Å²) in [6, 6.07) is 13.1. The minimum atomic E-state index is 0.643. The fourth-order valence-corrected chi connectivity index (χ4v) is 2.14. The van der Waals surface area contributed by atoms with Crippen LogP contribution >= 0.6 is 0 Å². The number of nitrogen functional groups attached to an aromatic ring is 1. The summed E-state index contributed by atoms with van der Waals surface area (Å²) in [5, 5.41) is 8.35. The number of rotatable bonds is 4. The van der Waals surface area contributed by atoms with Crippen molar-refractivity contribution in [2.24, 2.45) is 0 Å². The highest BCUT2D eigenvalue weighted by molar-refractivity contribution is 5.61. The van der Waals surface area contributed by atoms with Gasteiger partial charge in [0, 0.05) is 17.3 Å². The smallest absolute Gasteiger partial charge is 0.162 e. The van der Waals surface area contributed by atoms with Crippen molar-refractivity contribution in [1.29, 1.82) is 0 Å². The van der Waals surface area contributed by atoms with Crippen LogP contribution in [0.2, 0.25) is 0 Å². The molecule has 0 radical (unpaired) electrons. The third-order valence-electron chi connectivity index (χ3n) is 3.33. The molecule has 6 heteroatoms. The Bertz CT molecular complexity index is 781. The average Bonchev–Trinajstić information content (AvgIpc) is 3.05. The summed E-state index contributed by atoms with van der Waals surface area (Å²) in [5.74, 6) is 1.31. The molecule has 3 rings (SSSR count). The van der Waals surface area contributed by atoms with Gasteiger partial charge in [0.1, 0.15) is 5.69 Å². The average molecular weight is 296 g/mol. The predicted octanol–water partition coefficient (Wildman–Crippen LogP) is 2.53. The van der Waals surface area contributed by atoms with E-state index in [-0.39, 0.29) is 0 Å². The summed E-state index contributed by atoms with van der Waals surface area (Å²) in [6.07, 6.45) is 1.85. The van der Waals surface area contributed by atoms with Gasteiger partial charge in [0.2, 0.25) is 0 Å². The lowest BCUT2D eigenvalue weighted by molar-refractivity contribution is 0.354. The number of ether oxygens (including phenoxy) is 2. The van der Waals surface area contributed by atoms with Crippen molar-refractivity contribution in [3.8, 4) is 28.4 Å². The van der Waals surface area contributed by atoms with E-state index in [4.69, 9.17) is 15.2 Å². The molecule has 0 fully saturated rings. The quantitative estimate of drug-likeness (QED) is 0.749. The van der Waals surface area contributed by atoms with Gasteiger partial charge in [-0.1, -0.05) is 17.3 Å². The molecule has 22 heavy (non-hydrogen) atoms. The molecule has 3 aromatic rings. The van der Waals surface area contributed by atoms with Gasteiger partial charge in [0.25, 0.3) is 0 Å². The predicted molar refractivity (Wildman–Crippen MR) is 84.3 cm³/mol. The SMILES string of the molecule is COc1ccc(-n2cc(-c3ccc(N)cc3)nn2)cc1OC. The molecule has 0 aliphatic rings. The van der Waals surface area contributed by atoms with Crippen LogP contribution in [0.1, 0.15) is 0 Å². The Kier molecular flexibility index (Phi) is 3.65. The highest BCUT2D eigenvalue weighted by atomic mass is 16.5. The monoisotopic (exact) mass is 296 g/mol. The van der Waals surface area contributed by atoms with Gasteiger partial charge >= 0.3 is 0 Å². The summed E-state index contributed by atoms with van der Waals surface area (Å²) in [4.78, 5) is 0. The van der Waals surface area contributed by atoms with Gasteiger partial charge in [-0.2, -0.15) is 0 Å². The fourth-order valence-electron chi connectivity index (χ4n) is 2.14. The van der Waals surface area contributed by atoms with Gasteiger partial charge in [0.15, 0.2) is 11.5 Å². The van der Waals surface area contributed by atoms with Crippen LogP contribution in [0.15, 0.2) is 48.7 Å². The number of hydrogen-bond acceptors (Lipinski definition) is 5. The van der Waals surface area contributed by atoms with Crippen LogP contribution in [0.3, 0.4) is 0 Å². The van der Waals surface area contributed by atoms with Crippen molar-refractivity contribution < 1.29 is 9.47 Å². The van der Waals surface area contributed by atoms with Gasteiger partial charge in [-0.3, -0.25) is 0 Å². The van der Waals surface area contributed by atoms with Crippen molar-refractivity contribution in [2.75, 3.05) is 20.0 Å². The number of anilines is 1. The number of nitrogens with two attached hydrogens (primary N) is 1. The van der Waals surface area contributed by atoms with E-state index < -0.39 is 0 Å². The van der Waals surface area contributed by atoms with E-state index in [9.17, 15) is 0 Å². The van der Waals surface area contributed by atoms with Crippen LogP contribution in [0.5, 0.6) is 11.5 Å². The van der Waals surface area contributed by atoms with E-state index in [0.29, 0.717) is 11.5 Å². The van der Waals surface area contributed by atoms with E-state index in [1.807, 2.05) is 48.7 Å². The Hall–Kier alpha value is -3.02. The van der Waals surface area contributed by atoms with Crippen LogP contribution in [-0.2, 0) is 0 Å². The van der Waals surface area contributed by atoms with Gasteiger partial charge in [-0.15, -0.1) is 5.10 Å². The van der Waals surface area contributed by atoms with E-state index in [0.717, 1.165) is 22.6 Å². The molecule has 0 saturated carbocycles. The second-order valence-corrected chi connectivity index (χ2v) is 4.71. The summed E-state index contributed by atoms with van der Waals surface area (Å²) >= 11 is 0. The summed E-state index contributed by atoms with van der Waals surface area (Å²) in [7, 11) is 3.20. The van der Waals surface area contributed by atoms with Gasteiger partial charge < -0.3 is 15.2 Å². The van der Waals surface area contributed by atoms with Crippen LogP contribution in [0, 0.1) is 0 Å². The second kappa shape index (κ2) is 5.77. The molecule has 6 nitrogen and oxygen atoms in total. The zero-order valence-electron chi connectivity index (χ0n) is 12.4. The van der Waals surface area contributed by atoms with Gasteiger partial charge in [0.05, 0.1) is 26.1 Å². The molecule has 1 heterocycles. The zero-order chi connectivity index (χ0) is 15.5. The molecule has 1 aromatic heterocycles. The van der Waals surface area contributed by atoms with Crippen molar-refractivity contribution in [3.05, 3.63) is 48.7 Å². The maximum atomic E-state index is 5.69. The molecule has 112 valence electrons. The maximum absolute atomic E-state index is 5.69. The standard InChI is InChI=1S/C16H16N4O2/c1-21-15-8-7-13(9-16(15)22-2)20-10-14(18-19-20)11-3-5-12(17)6-4-11/h3-10H,17H2,1-2H3. The number of nitrogens with zero attached hydrogens (tertiary/aromatic N) is 3. The third kappa shape index (κ3) is 2.58. The molecule has 2 N–H and O–H groups in total. The Labute approximate surface area is 128 Å². The topological polar surface area (TPSA) is 75.2 Å². The molecular weight excluding hydrogens is 280 g/mol. The van der Waals surface area contributed by atoms with Crippen LogP contribution in [0.4, 0.5) is 5.69 Å². The first-order valence-electron chi connectivity index (χ1n) is 6.72. The van der Waals surface area contributed by atoms with Gasteiger partial charge in [-0.05, 0) is 24.3 Å². The molecule has 0 aliphatic heterocycles. The minimum Gasteiger partial charge on any atom is -0.493 e. The summed E-state index contributed by atoms with van der Waals surface area (Å²) in [6.45, 7) is 0. The molecule has 2 aromatic carbocycles. The lowest BCUT2D eigenvalue weighted by atomic mass is 10.1. The number of hydrogen-bond donors (Lipinski definition) is 1. The van der Waals surface area contributed by atoms with E-state index in [1.165, 1.54) is 0 Å². The van der Waals surface area contributed by atoms with E-state index in [1.54, 1.807) is 18.9 Å². The fraction of sp³-hybridized carbons (Fsp3) is 0.125. The van der Waals surface area contributed by atoms with Crippen LogP contribution in [-0.4, -0.2) is 29.2 Å². The number of aromatic nitrogens is 3. The molecule has 0 amide bonds. The van der Waals surface area contributed by atoms with E-state index in [2.05, 4.69) is 10.3 Å². The molecule has 0 atom stereocenters. The lowest BCUT2D eigenvalue weighted by Gasteiger charge is -2.08. The lowest BCUT2D eigenvalue weighted by Crippen LogP contribution is -1.97. The highest BCUT2D eigenvalue weighted by Gasteiger charge is 2.09. The highest BCUT2D eigenvalue weighted by Crippen LogP contribution is 2.29. The van der Waals surface area contributed by atoms with Gasteiger partial charge in [-0.25, -0.2) is 4.68 Å². The van der Waals surface area contributed by atoms with E-state index >= 15 is 0 Å². The molecular formula is C16H16N4O2. The largest absolute Gasteiger partial charge is 0.493 e.